The highest BCUT2D eigenvalue weighted by molar-refractivity contribution is 5.93. The first-order chi connectivity index (χ1) is 14.5. The molecule has 30 heavy (non-hydrogen) atoms. The van der Waals surface area contributed by atoms with Gasteiger partial charge in [0.1, 0.15) is 11.3 Å². The summed E-state index contributed by atoms with van der Waals surface area (Å²) in [5, 5.41) is 8.96. The minimum Gasteiger partial charge on any atom is -0.491 e. The molecule has 0 fully saturated rings. The number of nitrogens with zero attached hydrogens (tertiary/aromatic N) is 5. The summed E-state index contributed by atoms with van der Waals surface area (Å²) in [6.07, 6.45) is 7.10. The van der Waals surface area contributed by atoms with Crippen molar-refractivity contribution in [2.24, 2.45) is 0 Å². The van der Waals surface area contributed by atoms with E-state index in [2.05, 4.69) is 15.3 Å². The largest absolute Gasteiger partial charge is 0.491 e. The number of fused-ring (bicyclic) bond motifs is 1. The molecule has 1 aliphatic heterocycles. The maximum Gasteiger partial charge on any atom is 0.215 e. The van der Waals surface area contributed by atoms with Crippen LogP contribution in [0.4, 0.5) is 11.5 Å². The van der Waals surface area contributed by atoms with Crippen LogP contribution in [0, 0.1) is 0 Å². The van der Waals surface area contributed by atoms with Crippen LogP contribution >= 0.6 is 0 Å². The van der Waals surface area contributed by atoms with E-state index in [1.54, 1.807) is 30.4 Å². The van der Waals surface area contributed by atoms with Crippen LogP contribution in [0.3, 0.4) is 0 Å². The number of hydrogen-bond donors (Lipinski definition) is 1. The number of rotatable bonds is 5. The van der Waals surface area contributed by atoms with Crippen LogP contribution < -0.4 is 10.1 Å². The summed E-state index contributed by atoms with van der Waals surface area (Å²) < 4.78 is 13.1. The van der Waals surface area contributed by atoms with Crippen LogP contribution in [0.25, 0.3) is 28.3 Å². The standard InChI is InChI=1S/C22H20N6O2/c1-22(2)12-18(30-22)28-16-7-5-4-6-15(16)19(27-28)21-24-13-17(29-3)20(26-21)25-14-8-10-23-11-9-14/h4-13H,1-3H3,(H,23,24,25,26). The molecule has 150 valence electrons. The summed E-state index contributed by atoms with van der Waals surface area (Å²) in [5.74, 6) is 2.27. The van der Waals surface area contributed by atoms with E-state index < -0.39 is 0 Å². The second kappa shape index (κ2) is 6.84. The summed E-state index contributed by atoms with van der Waals surface area (Å²) in [4.78, 5) is 13.2. The van der Waals surface area contributed by atoms with Crippen LogP contribution in [0.1, 0.15) is 13.8 Å². The van der Waals surface area contributed by atoms with E-state index in [0.29, 0.717) is 29.0 Å². The van der Waals surface area contributed by atoms with Gasteiger partial charge in [-0.2, -0.15) is 9.78 Å². The number of aromatic nitrogens is 5. The van der Waals surface area contributed by atoms with Crippen molar-refractivity contribution in [1.29, 1.82) is 0 Å². The predicted octanol–water partition coefficient (Wildman–Crippen LogP) is 4.25. The Morgan fingerprint density at radius 3 is 2.60 bits per heavy atom. The SMILES string of the molecule is COc1cnc(-c2nn(C3=CC(C)(C)O3)c3ccccc23)nc1Nc1ccncc1. The average Bonchev–Trinajstić information content (AvgIpc) is 3.12. The zero-order valence-electron chi connectivity index (χ0n) is 16.8. The molecular weight excluding hydrogens is 380 g/mol. The molecule has 0 spiro atoms. The Morgan fingerprint density at radius 2 is 1.87 bits per heavy atom. The number of nitrogens with one attached hydrogen (secondary N) is 1. The van der Waals surface area contributed by atoms with E-state index in [9.17, 15) is 0 Å². The van der Waals surface area contributed by atoms with E-state index in [0.717, 1.165) is 16.6 Å². The molecule has 1 N–H and O–H groups in total. The number of ether oxygens (including phenoxy) is 2. The molecule has 4 heterocycles. The Kier molecular flexibility index (Phi) is 4.13. The Bertz CT molecular complexity index is 1260. The van der Waals surface area contributed by atoms with E-state index in [1.165, 1.54) is 0 Å². The highest BCUT2D eigenvalue weighted by atomic mass is 16.5. The van der Waals surface area contributed by atoms with E-state index in [1.807, 2.05) is 56.3 Å². The monoisotopic (exact) mass is 400 g/mol. The van der Waals surface area contributed by atoms with Gasteiger partial charge in [0.05, 0.1) is 18.8 Å². The Labute approximate surface area is 173 Å². The van der Waals surface area contributed by atoms with Crippen LogP contribution in [-0.4, -0.2) is 37.4 Å². The predicted molar refractivity (Wildman–Crippen MR) is 114 cm³/mol. The molecule has 3 aromatic heterocycles. The average molecular weight is 400 g/mol. The van der Waals surface area contributed by atoms with Gasteiger partial charge in [0, 0.05) is 29.5 Å². The Balaban J connectivity index is 1.62. The van der Waals surface area contributed by atoms with Gasteiger partial charge in [-0.25, -0.2) is 9.97 Å². The molecule has 1 aromatic carbocycles. The van der Waals surface area contributed by atoms with Gasteiger partial charge in [-0.15, -0.1) is 0 Å². The minimum atomic E-state index is -0.291. The second-order valence-electron chi connectivity index (χ2n) is 7.44. The van der Waals surface area contributed by atoms with Gasteiger partial charge in [-0.1, -0.05) is 18.2 Å². The highest BCUT2D eigenvalue weighted by Crippen LogP contribution is 2.36. The Morgan fingerprint density at radius 1 is 1.10 bits per heavy atom. The van der Waals surface area contributed by atoms with Crippen molar-refractivity contribution in [2.45, 2.75) is 19.4 Å². The summed E-state index contributed by atoms with van der Waals surface area (Å²) in [6, 6.07) is 11.7. The second-order valence-corrected chi connectivity index (χ2v) is 7.44. The van der Waals surface area contributed by atoms with Crippen molar-refractivity contribution in [3.8, 4) is 17.3 Å². The highest BCUT2D eigenvalue weighted by Gasteiger charge is 2.32. The van der Waals surface area contributed by atoms with Crippen molar-refractivity contribution in [2.75, 3.05) is 12.4 Å². The van der Waals surface area contributed by atoms with E-state index in [4.69, 9.17) is 19.6 Å². The smallest absolute Gasteiger partial charge is 0.215 e. The van der Waals surface area contributed by atoms with E-state index >= 15 is 0 Å². The molecule has 0 amide bonds. The van der Waals surface area contributed by atoms with Gasteiger partial charge in [0.15, 0.2) is 17.4 Å². The zero-order valence-corrected chi connectivity index (χ0v) is 16.8. The first-order valence-corrected chi connectivity index (χ1v) is 9.52. The van der Waals surface area contributed by atoms with Gasteiger partial charge >= 0.3 is 0 Å². The first-order valence-electron chi connectivity index (χ1n) is 9.52. The molecule has 0 saturated carbocycles. The molecule has 5 rings (SSSR count). The van der Waals surface area contributed by atoms with Crippen molar-refractivity contribution in [1.82, 2.24) is 24.7 Å². The number of para-hydroxylation sites is 1. The van der Waals surface area contributed by atoms with Gasteiger partial charge in [0.25, 0.3) is 0 Å². The van der Waals surface area contributed by atoms with Crippen LogP contribution in [0.5, 0.6) is 5.75 Å². The summed E-state index contributed by atoms with van der Waals surface area (Å²) >= 11 is 0. The van der Waals surface area contributed by atoms with Crippen molar-refractivity contribution < 1.29 is 9.47 Å². The number of anilines is 2. The zero-order chi connectivity index (χ0) is 20.7. The maximum atomic E-state index is 5.89. The van der Waals surface area contributed by atoms with Gasteiger partial charge in [0.2, 0.25) is 5.88 Å². The third-order valence-electron chi connectivity index (χ3n) is 4.76. The topological polar surface area (TPSA) is 87.0 Å². The number of pyridine rings is 1. The Hall–Kier alpha value is -3.94. The van der Waals surface area contributed by atoms with Crippen molar-refractivity contribution >= 4 is 28.3 Å². The normalized spacial score (nSPS) is 14.6. The fourth-order valence-electron chi connectivity index (χ4n) is 3.37. The maximum absolute atomic E-state index is 5.89. The molecule has 8 nitrogen and oxygen atoms in total. The molecule has 4 aromatic rings. The summed E-state index contributed by atoms with van der Waals surface area (Å²) in [6.45, 7) is 4.01. The van der Waals surface area contributed by atoms with Gasteiger partial charge < -0.3 is 14.8 Å². The molecule has 0 bridgehead atoms. The fourth-order valence-corrected chi connectivity index (χ4v) is 3.37. The molecule has 0 saturated heterocycles. The van der Waals surface area contributed by atoms with Gasteiger partial charge in [-0.05, 0) is 32.0 Å². The quantitative estimate of drug-likeness (QED) is 0.536. The first kappa shape index (κ1) is 18.1. The third-order valence-corrected chi connectivity index (χ3v) is 4.76. The minimum absolute atomic E-state index is 0.291. The lowest BCUT2D eigenvalue weighted by atomic mass is 10.1. The molecule has 0 atom stereocenters. The number of benzene rings is 1. The third kappa shape index (κ3) is 3.12. The lowest BCUT2D eigenvalue weighted by Gasteiger charge is -2.33. The fraction of sp³-hybridized carbons (Fsp3) is 0.182. The lowest BCUT2D eigenvalue weighted by Crippen LogP contribution is -2.32. The summed E-state index contributed by atoms with van der Waals surface area (Å²) in [7, 11) is 1.59. The van der Waals surface area contributed by atoms with Crippen molar-refractivity contribution in [3.63, 3.8) is 0 Å². The van der Waals surface area contributed by atoms with Crippen LogP contribution in [0.2, 0.25) is 0 Å². The number of methoxy groups -OCH3 is 1. The molecular formula is C22H20N6O2. The lowest BCUT2D eigenvalue weighted by molar-refractivity contribution is 0.0697. The molecule has 0 unspecified atom stereocenters. The van der Waals surface area contributed by atoms with Crippen LogP contribution in [0.15, 0.2) is 61.1 Å². The molecule has 0 radical (unpaired) electrons. The molecule has 8 heteroatoms. The van der Waals surface area contributed by atoms with Crippen molar-refractivity contribution in [3.05, 3.63) is 61.1 Å². The number of hydrogen-bond acceptors (Lipinski definition) is 7. The van der Waals surface area contributed by atoms with Crippen LogP contribution in [-0.2, 0) is 4.74 Å². The summed E-state index contributed by atoms with van der Waals surface area (Å²) in [5.41, 5.74) is 2.15. The molecule has 0 aliphatic carbocycles. The van der Waals surface area contributed by atoms with E-state index in [-0.39, 0.29) is 5.60 Å². The molecule has 1 aliphatic rings. The van der Waals surface area contributed by atoms with Gasteiger partial charge in [-0.3, -0.25) is 4.98 Å².